The lowest BCUT2D eigenvalue weighted by Crippen LogP contribution is -2.44. The van der Waals surface area contributed by atoms with Gasteiger partial charge in [-0.05, 0) is 39.4 Å². The van der Waals surface area contributed by atoms with Gasteiger partial charge in [0.1, 0.15) is 5.67 Å². The van der Waals surface area contributed by atoms with Crippen molar-refractivity contribution < 1.29 is 4.39 Å². The molecule has 2 nitrogen and oxygen atoms in total. The average Bonchev–Trinajstić information content (AvgIpc) is 1.86. The molecule has 1 aliphatic heterocycles. The number of hydrogen-bond acceptors (Lipinski definition) is 2. The predicted molar refractivity (Wildman–Crippen MR) is 44.2 cm³/mol. The molecular formula is C8H17FN2. The second-order valence-electron chi connectivity index (χ2n) is 3.53. The van der Waals surface area contributed by atoms with E-state index < -0.39 is 5.67 Å². The minimum atomic E-state index is -0.998. The maximum absolute atomic E-state index is 13.7. The summed E-state index contributed by atoms with van der Waals surface area (Å²) < 4.78 is 13.7. The molecule has 0 aliphatic carbocycles. The van der Waals surface area contributed by atoms with Crippen LogP contribution in [0.15, 0.2) is 0 Å². The summed E-state index contributed by atoms with van der Waals surface area (Å²) in [7, 11) is 1.96. The molecule has 1 atom stereocenters. The van der Waals surface area contributed by atoms with Crippen molar-refractivity contribution in [3.63, 3.8) is 0 Å². The first kappa shape index (κ1) is 8.94. The molecule has 0 radical (unpaired) electrons. The Balaban J connectivity index is 2.41. The van der Waals surface area contributed by atoms with Crippen molar-refractivity contribution in [3.05, 3.63) is 0 Å². The Bertz CT molecular complexity index is 125. The number of nitrogens with zero attached hydrogens (tertiary/aromatic N) is 1. The summed E-state index contributed by atoms with van der Waals surface area (Å²) in [5, 5.41) is 0. The van der Waals surface area contributed by atoms with Gasteiger partial charge in [0.05, 0.1) is 0 Å². The highest BCUT2D eigenvalue weighted by atomic mass is 19.1. The fourth-order valence-electron chi connectivity index (χ4n) is 1.77. The molecule has 0 unspecified atom stereocenters. The van der Waals surface area contributed by atoms with Gasteiger partial charge in [-0.1, -0.05) is 0 Å². The van der Waals surface area contributed by atoms with Crippen molar-refractivity contribution in [2.24, 2.45) is 5.73 Å². The molecule has 0 saturated carbocycles. The molecule has 0 spiro atoms. The smallest absolute Gasteiger partial charge is 0.124 e. The minimum Gasteiger partial charge on any atom is -0.330 e. The van der Waals surface area contributed by atoms with Gasteiger partial charge in [0.2, 0.25) is 0 Å². The van der Waals surface area contributed by atoms with Gasteiger partial charge in [-0.2, -0.15) is 0 Å². The molecule has 1 aliphatic rings. The summed E-state index contributed by atoms with van der Waals surface area (Å²) in [6, 6.07) is 0. The van der Waals surface area contributed by atoms with E-state index in [9.17, 15) is 4.39 Å². The van der Waals surface area contributed by atoms with Crippen molar-refractivity contribution in [1.82, 2.24) is 4.90 Å². The predicted octanol–water partition coefficient (Wildman–Crippen LogP) is 0.769. The number of nitrogens with two attached hydrogens (primary N) is 1. The third-order valence-corrected chi connectivity index (χ3v) is 2.31. The second kappa shape index (κ2) is 3.50. The molecule has 1 rings (SSSR count). The van der Waals surface area contributed by atoms with Crippen molar-refractivity contribution >= 4 is 0 Å². The summed E-state index contributed by atoms with van der Waals surface area (Å²) in [5.41, 5.74) is 4.33. The fourth-order valence-corrected chi connectivity index (χ4v) is 1.77. The maximum atomic E-state index is 13.7. The van der Waals surface area contributed by atoms with Gasteiger partial charge >= 0.3 is 0 Å². The minimum absolute atomic E-state index is 0.463. The van der Waals surface area contributed by atoms with E-state index in [1.165, 1.54) is 0 Å². The highest BCUT2D eigenvalue weighted by molar-refractivity contribution is 4.86. The van der Waals surface area contributed by atoms with Crippen molar-refractivity contribution in [2.45, 2.75) is 24.9 Å². The summed E-state index contributed by atoms with van der Waals surface area (Å²) in [6.07, 6.45) is 2.17. The molecule has 0 bridgehead atoms. The molecule has 2 N–H and O–H groups in total. The van der Waals surface area contributed by atoms with Gasteiger partial charge < -0.3 is 10.6 Å². The Kier molecular flexibility index (Phi) is 2.84. The molecule has 0 aromatic heterocycles. The average molecular weight is 160 g/mol. The van der Waals surface area contributed by atoms with Gasteiger partial charge in [-0.15, -0.1) is 0 Å². The summed E-state index contributed by atoms with van der Waals surface area (Å²) in [4.78, 5) is 2.04. The van der Waals surface area contributed by atoms with Crippen LogP contribution in [0.2, 0.25) is 0 Å². The van der Waals surface area contributed by atoms with Crippen LogP contribution in [0.3, 0.4) is 0 Å². The normalized spacial score (nSPS) is 34.1. The molecule has 66 valence electrons. The largest absolute Gasteiger partial charge is 0.330 e. The molecule has 0 amide bonds. The van der Waals surface area contributed by atoms with Gasteiger partial charge in [0, 0.05) is 6.54 Å². The van der Waals surface area contributed by atoms with E-state index in [4.69, 9.17) is 5.73 Å². The van der Waals surface area contributed by atoms with Crippen LogP contribution in [0.5, 0.6) is 0 Å². The van der Waals surface area contributed by atoms with Crippen LogP contribution in [0.25, 0.3) is 0 Å². The van der Waals surface area contributed by atoms with Crippen LogP contribution in [-0.2, 0) is 0 Å². The van der Waals surface area contributed by atoms with Gasteiger partial charge in [0.25, 0.3) is 0 Å². The monoisotopic (exact) mass is 160 g/mol. The van der Waals surface area contributed by atoms with Crippen LogP contribution in [0.1, 0.15) is 19.3 Å². The zero-order valence-corrected chi connectivity index (χ0v) is 7.15. The number of piperidine rings is 1. The van der Waals surface area contributed by atoms with E-state index in [0.717, 1.165) is 13.0 Å². The number of halogens is 1. The lowest BCUT2D eigenvalue weighted by Gasteiger charge is -2.35. The standard InChI is InChI=1S/C8H17FN2/c1-11-6-2-3-8(9,7-11)4-5-10/h2-7,10H2,1H3/t8-/m0/s1. The fraction of sp³-hybridized carbons (Fsp3) is 1.00. The van der Waals surface area contributed by atoms with Crippen LogP contribution >= 0.6 is 0 Å². The SMILES string of the molecule is CN1CCC[C@](F)(CCN)C1. The summed E-state index contributed by atoms with van der Waals surface area (Å²) in [6.45, 7) is 2.05. The third-order valence-electron chi connectivity index (χ3n) is 2.31. The molecule has 3 heteroatoms. The summed E-state index contributed by atoms with van der Waals surface area (Å²) >= 11 is 0. The molecule has 0 aromatic rings. The first-order valence-corrected chi connectivity index (χ1v) is 4.24. The van der Waals surface area contributed by atoms with Crippen molar-refractivity contribution in [2.75, 3.05) is 26.7 Å². The number of alkyl halides is 1. The Morgan fingerprint density at radius 1 is 1.64 bits per heavy atom. The van der Waals surface area contributed by atoms with Crippen LogP contribution < -0.4 is 5.73 Å². The third kappa shape index (κ3) is 2.42. The zero-order valence-electron chi connectivity index (χ0n) is 7.15. The number of rotatable bonds is 2. The Morgan fingerprint density at radius 2 is 2.36 bits per heavy atom. The maximum Gasteiger partial charge on any atom is 0.124 e. The first-order valence-electron chi connectivity index (χ1n) is 4.24. The van der Waals surface area contributed by atoms with E-state index in [0.29, 0.717) is 25.9 Å². The molecule has 1 saturated heterocycles. The van der Waals surface area contributed by atoms with Crippen molar-refractivity contribution in [1.29, 1.82) is 0 Å². The van der Waals surface area contributed by atoms with E-state index in [2.05, 4.69) is 0 Å². The van der Waals surface area contributed by atoms with Crippen LogP contribution in [0, 0.1) is 0 Å². The number of hydrogen-bond donors (Lipinski definition) is 1. The Morgan fingerprint density at radius 3 is 2.91 bits per heavy atom. The van der Waals surface area contributed by atoms with E-state index in [1.807, 2.05) is 11.9 Å². The van der Waals surface area contributed by atoms with Gasteiger partial charge in [0.15, 0.2) is 0 Å². The van der Waals surface area contributed by atoms with E-state index in [-0.39, 0.29) is 0 Å². The molecule has 1 heterocycles. The van der Waals surface area contributed by atoms with Crippen LogP contribution in [0.4, 0.5) is 4.39 Å². The Hall–Kier alpha value is -0.150. The van der Waals surface area contributed by atoms with E-state index in [1.54, 1.807) is 0 Å². The van der Waals surface area contributed by atoms with Crippen molar-refractivity contribution in [3.8, 4) is 0 Å². The molecule has 11 heavy (non-hydrogen) atoms. The molecular weight excluding hydrogens is 143 g/mol. The van der Waals surface area contributed by atoms with Gasteiger partial charge in [-0.3, -0.25) is 0 Å². The lowest BCUT2D eigenvalue weighted by molar-refractivity contribution is 0.0532. The zero-order chi connectivity index (χ0) is 8.32. The highest BCUT2D eigenvalue weighted by Crippen LogP contribution is 2.27. The molecule has 1 fully saturated rings. The summed E-state index contributed by atoms with van der Waals surface area (Å²) in [5.74, 6) is 0. The highest BCUT2D eigenvalue weighted by Gasteiger charge is 2.32. The quantitative estimate of drug-likeness (QED) is 0.646. The van der Waals surface area contributed by atoms with Gasteiger partial charge in [-0.25, -0.2) is 4.39 Å². The Labute approximate surface area is 67.6 Å². The topological polar surface area (TPSA) is 29.3 Å². The lowest BCUT2D eigenvalue weighted by atomic mass is 9.92. The molecule has 0 aromatic carbocycles. The second-order valence-corrected chi connectivity index (χ2v) is 3.53. The van der Waals surface area contributed by atoms with E-state index >= 15 is 0 Å². The number of likely N-dealkylation sites (tertiary alicyclic amines) is 1. The van der Waals surface area contributed by atoms with Crippen LogP contribution in [-0.4, -0.2) is 37.3 Å². The first-order chi connectivity index (χ1) is 5.16.